The number of pyridine rings is 1. The fourth-order valence-electron chi connectivity index (χ4n) is 3.22. The predicted octanol–water partition coefficient (Wildman–Crippen LogP) is -0.184. The first-order chi connectivity index (χ1) is 14.5. The van der Waals surface area contributed by atoms with Crippen LogP contribution < -0.4 is 4.74 Å². The smallest absolute Gasteiger partial charge is 0.229 e. The van der Waals surface area contributed by atoms with Gasteiger partial charge in [-0.2, -0.15) is 0 Å². The van der Waals surface area contributed by atoms with Crippen molar-refractivity contribution in [3.63, 3.8) is 0 Å². The molecule has 0 unspecified atom stereocenters. The van der Waals surface area contributed by atoms with Gasteiger partial charge in [-0.05, 0) is 42.8 Å². The third-order valence-electron chi connectivity index (χ3n) is 4.94. The van der Waals surface area contributed by atoms with Crippen molar-refractivity contribution in [2.75, 3.05) is 6.61 Å². The quantitative estimate of drug-likeness (QED) is 0.447. The van der Waals surface area contributed by atoms with E-state index in [-0.39, 0.29) is 0 Å². The summed E-state index contributed by atoms with van der Waals surface area (Å²) in [6.07, 6.45) is -3.24. The third kappa shape index (κ3) is 3.91. The minimum absolute atomic E-state index is 0.410. The maximum atomic E-state index is 10.1. The molecule has 1 aliphatic heterocycles. The molecule has 1 aliphatic rings. The zero-order valence-corrected chi connectivity index (χ0v) is 16.1. The number of aryl methyl sites for hydroxylation is 1. The molecule has 1 aromatic carbocycles. The molecular formula is C20H22N4O6. The third-order valence-corrected chi connectivity index (χ3v) is 4.94. The van der Waals surface area contributed by atoms with Crippen LogP contribution in [-0.2, 0) is 4.74 Å². The van der Waals surface area contributed by atoms with Crippen molar-refractivity contribution in [3.05, 3.63) is 54.4 Å². The average molecular weight is 414 g/mol. The van der Waals surface area contributed by atoms with E-state index in [4.69, 9.17) is 9.47 Å². The Morgan fingerprint density at radius 1 is 1.07 bits per heavy atom. The van der Waals surface area contributed by atoms with Crippen LogP contribution in [0, 0.1) is 6.92 Å². The van der Waals surface area contributed by atoms with Crippen molar-refractivity contribution in [3.8, 4) is 22.8 Å². The highest BCUT2D eigenvalue weighted by atomic mass is 16.7. The minimum Gasteiger partial charge on any atom is -0.462 e. The van der Waals surface area contributed by atoms with E-state index in [2.05, 4.69) is 15.3 Å². The second-order valence-corrected chi connectivity index (χ2v) is 7.03. The summed E-state index contributed by atoms with van der Waals surface area (Å²) in [5.41, 5.74) is 2.81. The lowest BCUT2D eigenvalue weighted by atomic mass is 9.99. The van der Waals surface area contributed by atoms with E-state index in [1.54, 1.807) is 36.1 Å². The summed E-state index contributed by atoms with van der Waals surface area (Å²) in [5, 5.41) is 47.5. The second-order valence-electron chi connectivity index (χ2n) is 7.03. The van der Waals surface area contributed by atoms with Crippen molar-refractivity contribution in [1.82, 2.24) is 20.0 Å². The Hall–Kier alpha value is -2.89. The number of hydrogen-bond acceptors (Lipinski definition) is 9. The van der Waals surface area contributed by atoms with E-state index in [1.165, 1.54) is 0 Å². The van der Waals surface area contributed by atoms with Crippen LogP contribution in [0.3, 0.4) is 0 Å². The highest BCUT2D eigenvalue weighted by Gasteiger charge is 2.44. The van der Waals surface area contributed by atoms with Crippen LogP contribution in [0.1, 0.15) is 5.56 Å². The predicted molar refractivity (Wildman–Crippen MR) is 104 cm³/mol. The Morgan fingerprint density at radius 2 is 1.90 bits per heavy atom. The van der Waals surface area contributed by atoms with Crippen LogP contribution in [0.5, 0.6) is 5.75 Å². The number of nitrogens with zero attached hydrogens (tertiary/aromatic N) is 4. The average Bonchev–Trinajstić information content (AvgIpc) is 3.26. The van der Waals surface area contributed by atoms with Crippen LogP contribution in [0.2, 0.25) is 0 Å². The van der Waals surface area contributed by atoms with Gasteiger partial charge in [0.2, 0.25) is 6.29 Å². The van der Waals surface area contributed by atoms with Crippen molar-refractivity contribution >= 4 is 0 Å². The molecule has 3 aromatic rings. The second kappa shape index (κ2) is 8.46. The van der Waals surface area contributed by atoms with E-state index < -0.39 is 37.3 Å². The lowest BCUT2D eigenvalue weighted by molar-refractivity contribution is -0.277. The first-order valence-electron chi connectivity index (χ1n) is 9.40. The van der Waals surface area contributed by atoms with Crippen LogP contribution in [0.15, 0.2) is 48.8 Å². The molecule has 4 N–H and O–H groups in total. The summed E-state index contributed by atoms with van der Waals surface area (Å²) in [7, 11) is 0. The number of aliphatic hydroxyl groups excluding tert-OH is 4. The summed E-state index contributed by atoms with van der Waals surface area (Å²) < 4.78 is 12.7. The molecule has 10 nitrogen and oxygen atoms in total. The van der Waals surface area contributed by atoms with Gasteiger partial charge in [0.05, 0.1) is 24.2 Å². The Labute approximate surface area is 172 Å². The molecule has 0 aliphatic carbocycles. The summed E-state index contributed by atoms with van der Waals surface area (Å²) in [4.78, 5) is 4.25. The molecule has 5 atom stereocenters. The number of aromatic nitrogens is 4. The van der Waals surface area contributed by atoms with Crippen molar-refractivity contribution in [1.29, 1.82) is 0 Å². The monoisotopic (exact) mass is 414 g/mol. The molecule has 3 heterocycles. The van der Waals surface area contributed by atoms with Gasteiger partial charge in [0.1, 0.15) is 35.9 Å². The standard InChI is InChI=1S/C20H22N4O6/c1-11-8-12(24-9-14(22-23-24)13-4-2-3-7-21-13)5-6-15(11)29-20-19(28)18(27)17(26)16(10-25)30-20/h2-9,16-20,25-28H,10H2,1H3/t16-,17-,18+,19+,20+/m1/s1. The number of hydrogen-bond donors (Lipinski definition) is 4. The van der Waals surface area contributed by atoms with Crippen molar-refractivity contribution in [2.24, 2.45) is 0 Å². The molecule has 30 heavy (non-hydrogen) atoms. The van der Waals surface area contributed by atoms with E-state index in [0.29, 0.717) is 17.1 Å². The Balaban J connectivity index is 1.52. The van der Waals surface area contributed by atoms with Crippen LogP contribution in [-0.4, -0.2) is 77.7 Å². The Morgan fingerprint density at radius 3 is 2.60 bits per heavy atom. The topological polar surface area (TPSA) is 143 Å². The summed E-state index contributed by atoms with van der Waals surface area (Å²) in [6, 6.07) is 10.8. The minimum atomic E-state index is -1.50. The zero-order valence-electron chi connectivity index (χ0n) is 16.1. The fourth-order valence-corrected chi connectivity index (χ4v) is 3.22. The number of ether oxygens (including phenoxy) is 2. The van der Waals surface area contributed by atoms with Crippen LogP contribution >= 0.6 is 0 Å². The largest absolute Gasteiger partial charge is 0.462 e. The first-order valence-corrected chi connectivity index (χ1v) is 9.40. The summed E-state index contributed by atoms with van der Waals surface area (Å²) in [5.74, 6) is 0.410. The number of rotatable bonds is 5. The Bertz CT molecular complexity index is 996. The summed E-state index contributed by atoms with van der Waals surface area (Å²) in [6.45, 7) is 1.28. The van der Waals surface area contributed by atoms with Gasteiger partial charge in [0.25, 0.3) is 0 Å². The molecule has 0 bridgehead atoms. The van der Waals surface area contributed by atoms with Crippen LogP contribution in [0.4, 0.5) is 0 Å². The molecule has 0 spiro atoms. The van der Waals surface area contributed by atoms with Gasteiger partial charge >= 0.3 is 0 Å². The van der Waals surface area contributed by atoms with Gasteiger partial charge in [-0.15, -0.1) is 5.10 Å². The van der Waals surface area contributed by atoms with Crippen LogP contribution in [0.25, 0.3) is 17.1 Å². The van der Waals surface area contributed by atoms with Gasteiger partial charge in [-0.3, -0.25) is 4.98 Å². The molecular weight excluding hydrogens is 392 g/mol. The van der Waals surface area contributed by atoms with Gasteiger partial charge in [0.15, 0.2) is 0 Å². The molecule has 158 valence electrons. The fraction of sp³-hybridized carbons (Fsp3) is 0.350. The number of benzene rings is 1. The van der Waals surface area contributed by atoms with E-state index in [9.17, 15) is 20.4 Å². The lowest BCUT2D eigenvalue weighted by Crippen LogP contribution is -2.60. The molecule has 10 heteroatoms. The molecule has 4 rings (SSSR count). The van der Waals surface area contributed by atoms with E-state index >= 15 is 0 Å². The molecule has 0 amide bonds. The van der Waals surface area contributed by atoms with Gasteiger partial charge in [-0.1, -0.05) is 11.3 Å². The molecule has 2 aromatic heterocycles. The highest BCUT2D eigenvalue weighted by molar-refractivity contribution is 5.53. The van der Waals surface area contributed by atoms with E-state index in [1.807, 2.05) is 24.3 Å². The molecule has 0 saturated carbocycles. The summed E-state index contributed by atoms with van der Waals surface area (Å²) >= 11 is 0. The Kier molecular flexibility index (Phi) is 5.75. The molecule has 1 fully saturated rings. The normalized spacial score (nSPS) is 26.5. The van der Waals surface area contributed by atoms with Gasteiger partial charge < -0.3 is 29.9 Å². The van der Waals surface area contributed by atoms with Gasteiger partial charge in [-0.25, -0.2) is 4.68 Å². The maximum absolute atomic E-state index is 10.1. The lowest BCUT2D eigenvalue weighted by Gasteiger charge is -2.39. The van der Waals surface area contributed by atoms with Gasteiger partial charge in [0, 0.05) is 6.20 Å². The first kappa shape index (κ1) is 20.4. The van der Waals surface area contributed by atoms with Crippen molar-refractivity contribution < 1.29 is 29.9 Å². The highest BCUT2D eigenvalue weighted by Crippen LogP contribution is 2.28. The molecule has 1 saturated heterocycles. The molecule has 0 radical (unpaired) electrons. The van der Waals surface area contributed by atoms with E-state index in [0.717, 1.165) is 11.3 Å². The SMILES string of the molecule is Cc1cc(-n2cc(-c3ccccn3)nn2)ccc1O[C@H]1O[C@H](CO)[C@@H](O)[C@H](O)[C@@H]1O. The zero-order chi connectivity index (χ0) is 21.3. The number of aliphatic hydroxyl groups is 4. The maximum Gasteiger partial charge on any atom is 0.229 e. The van der Waals surface area contributed by atoms with Crippen molar-refractivity contribution in [2.45, 2.75) is 37.6 Å².